The minimum atomic E-state index is 0. The Bertz CT molecular complexity index is 599. The van der Waals surface area contributed by atoms with E-state index in [1.165, 1.54) is 64.2 Å². The second-order valence-electron chi connectivity index (χ2n) is 8.25. The number of unbranched alkanes of at least 4 members (excludes halogenated alkanes) is 10. The molecule has 0 aliphatic carbocycles. The van der Waals surface area contributed by atoms with Crippen LogP contribution in [0.15, 0.2) is 48.5 Å². The van der Waals surface area contributed by atoms with Gasteiger partial charge in [-0.15, -0.1) is 11.5 Å². The molecule has 31 heavy (non-hydrogen) atoms. The molecule has 0 aliphatic heterocycles. The van der Waals surface area contributed by atoms with Gasteiger partial charge in [-0.1, -0.05) is 138 Å². The Balaban J connectivity index is 0.000000562. The first kappa shape index (κ1) is 29.8. The zero-order valence-corrected chi connectivity index (χ0v) is 21.5. The third-order valence-corrected chi connectivity index (χ3v) is 5.54. The van der Waals surface area contributed by atoms with E-state index < -0.39 is 0 Å². The molecule has 0 atom stereocenters. The molecular formula is C28H42MgO2. The van der Waals surface area contributed by atoms with E-state index in [1.54, 1.807) is 12.1 Å². The normalized spacial score (nSPS) is 10.1. The van der Waals surface area contributed by atoms with Crippen molar-refractivity contribution in [3.8, 4) is 11.5 Å². The van der Waals surface area contributed by atoms with Gasteiger partial charge in [0.15, 0.2) is 0 Å². The minimum absolute atomic E-state index is 0. The molecule has 2 aromatic carbocycles. The molecule has 0 unspecified atom stereocenters. The van der Waals surface area contributed by atoms with Crippen LogP contribution in [0.3, 0.4) is 0 Å². The Morgan fingerprint density at radius 1 is 0.484 bits per heavy atom. The molecule has 0 bridgehead atoms. The van der Waals surface area contributed by atoms with Crippen molar-refractivity contribution in [3.05, 3.63) is 59.7 Å². The van der Waals surface area contributed by atoms with E-state index in [4.69, 9.17) is 0 Å². The summed E-state index contributed by atoms with van der Waals surface area (Å²) in [7, 11) is 0. The molecule has 0 heterocycles. The summed E-state index contributed by atoms with van der Waals surface area (Å²) in [6, 6.07) is 14.8. The second-order valence-corrected chi connectivity index (χ2v) is 8.25. The third kappa shape index (κ3) is 15.3. The number of para-hydroxylation sites is 2. The molecule has 0 aliphatic rings. The van der Waals surface area contributed by atoms with E-state index in [0.29, 0.717) is 0 Å². The number of aryl methyl sites for hydroxylation is 2. The summed E-state index contributed by atoms with van der Waals surface area (Å²) in [5.41, 5.74) is 1.96. The van der Waals surface area contributed by atoms with Crippen molar-refractivity contribution in [1.29, 1.82) is 0 Å². The summed E-state index contributed by atoms with van der Waals surface area (Å²) >= 11 is 0. The maximum Gasteiger partial charge on any atom is 2.00 e. The van der Waals surface area contributed by atoms with Gasteiger partial charge in [0, 0.05) is 0 Å². The van der Waals surface area contributed by atoms with Crippen molar-refractivity contribution in [1.82, 2.24) is 0 Å². The van der Waals surface area contributed by atoms with E-state index in [0.717, 1.165) is 36.8 Å². The summed E-state index contributed by atoms with van der Waals surface area (Å²) in [5.74, 6) is 0.400. The molecule has 0 N–H and O–H groups in total. The second kappa shape index (κ2) is 20.7. The first-order valence-electron chi connectivity index (χ1n) is 12.2. The van der Waals surface area contributed by atoms with Gasteiger partial charge in [0.05, 0.1) is 0 Å². The molecule has 3 heteroatoms. The third-order valence-electron chi connectivity index (χ3n) is 5.54. The Morgan fingerprint density at radius 3 is 1.16 bits per heavy atom. The zero-order valence-electron chi connectivity index (χ0n) is 20.0. The van der Waals surface area contributed by atoms with Crippen LogP contribution < -0.4 is 10.2 Å². The van der Waals surface area contributed by atoms with Crippen LogP contribution in [0.25, 0.3) is 0 Å². The SMILES string of the molecule is CCCCCCCCc1ccccc1[O-].CCCCCCCCc1ccccc1[O-].[Mg+2]. The largest absolute Gasteiger partial charge is 2.00 e. The summed E-state index contributed by atoms with van der Waals surface area (Å²) < 4.78 is 0. The molecule has 2 rings (SSSR count). The van der Waals surface area contributed by atoms with E-state index in [1.807, 2.05) is 36.4 Å². The molecule has 0 aromatic heterocycles. The fourth-order valence-corrected chi connectivity index (χ4v) is 3.61. The molecule has 0 fully saturated rings. The van der Waals surface area contributed by atoms with Gasteiger partial charge in [-0.25, -0.2) is 0 Å². The fourth-order valence-electron chi connectivity index (χ4n) is 3.61. The van der Waals surface area contributed by atoms with E-state index in [2.05, 4.69) is 13.8 Å². The van der Waals surface area contributed by atoms with E-state index in [9.17, 15) is 10.2 Å². The Hall–Kier alpha value is -1.19. The molecular weight excluding hydrogens is 393 g/mol. The summed E-state index contributed by atoms with van der Waals surface area (Å²) in [6.07, 6.45) is 17.3. The smallest absolute Gasteiger partial charge is 0.872 e. The van der Waals surface area contributed by atoms with Gasteiger partial charge in [0.1, 0.15) is 0 Å². The van der Waals surface area contributed by atoms with Crippen LogP contribution in [0, 0.1) is 0 Å². The van der Waals surface area contributed by atoms with Crippen LogP contribution in [0.5, 0.6) is 11.5 Å². The quantitative estimate of drug-likeness (QED) is 0.238. The topological polar surface area (TPSA) is 46.1 Å². The van der Waals surface area contributed by atoms with Crippen LogP contribution in [-0.4, -0.2) is 23.1 Å². The Kier molecular flexibility index (Phi) is 19.9. The summed E-state index contributed by atoms with van der Waals surface area (Å²) in [6.45, 7) is 4.46. The average Bonchev–Trinajstić information content (AvgIpc) is 2.76. The van der Waals surface area contributed by atoms with E-state index in [-0.39, 0.29) is 34.6 Å². The summed E-state index contributed by atoms with van der Waals surface area (Å²) in [4.78, 5) is 0. The van der Waals surface area contributed by atoms with Crippen LogP contribution in [0.2, 0.25) is 0 Å². The molecule has 0 saturated carbocycles. The molecule has 0 radical (unpaired) electrons. The van der Waals surface area contributed by atoms with Crippen molar-refractivity contribution in [2.75, 3.05) is 0 Å². The van der Waals surface area contributed by atoms with Gasteiger partial charge in [-0.3, -0.25) is 0 Å². The Morgan fingerprint density at radius 2 is 0.806 bits per heavy atom. The van der Waals surface area contributed by atoms with Crippen LogP contribution in [0.1, 0.15) is 102 Å². The van der Waals surface area contributed by atoms with Crippen molar-refractivity contribution in [3.63, 3.8) is 0 Å². The first-order valence-corrected chi connectivity index (χ1v) is 12.2. The predicted molar refractivity (Wildman–Crippen MR) is 132 cm³/mol. The zero-order chi connectivity index (χ0) is 21.9. The van der Waals surface area contributed by atoms with Gasteiger partial charge < -0.3 is 10.2 Å². The van der Waals surface area contributed by atoms with E-state index >= 15 is 0 Å². The monoisotopic (exact) mass is 434 g/mol. The van der Waals surface area contributed by atoms with Crippen molar-refractivity contribution in [2.45, 2.75) is 104 Å². The molecule has 0 spiro atoms. The maximum atomic E-state index is 11.4. The molecule has 0 amide bonds. The molecule has 2 nitrogen and oxygen atoms in total. The van der Waals surface area contributed by atoms with Crippen LogP contribution in [-0.2, 0) is 12.8 Å². The van der Waals surface area contributed by atoms with Gasteiger partial charge >= 0.3 is 23.1 Å². The number of hydrogen-bond acceptors (Lipinski definition) is 2. The van der Waals surface area contributed by atoms with Gasteiger partial charge in [-0.2, -0.15) is 0 Å². The van der Waals surface area contributed by atoms with Gasteiger partial charge in [0.2, 0.25) is 0 Å². The fraction of sp³-hybridized carbons (Fsp3) is 0.571. The predicted octanol–water partition coefficient (Wildman–Crippen LogP) is 6.95. The number of benzene rings is 2. The van der Waals surface area contributed by atoms with Gasteiger partial charge in [0.25, 0.3) is 0 Å². The van der Waals surface area contributed by atoms with Crippen LogP contribution in [0.4, 0.5) is 0 Å². The Labute approximate surface area is 207 Å². The van der Waals surface area contributed by atoms with Crippen LogP contribution >= 0.6 is 0 Å². The van der Waals surface area contributed by atoms with Crippen molar-refractivity contribution in [2.24, 2.45) is 0 Å². The summed E-state index contributed by atoms with van der Waals surface area (Å²) in [5, 5.41) is 22.8. The minimum Gasteiger partial charge on any atom is -0.872 e. The average molecular weight is 435 g/mol. The molecule has 0 saturated heterocycles. The van der Waals surface area contributed by atoms with Gasteiger partial charge in [-0.05, 0) is 25.7 Å². The number of hydrogen-bond donors (Lipinski definition) is 0. The van der Waals surface area contributed by atoms with Crippen molar-refractivity contribution < 1.29 is 10.2 Å². The maximum absolute atomic E-state index is 11.4. The first-order chi connectivity index (χ1) is 14.7. The van der Waals surface area contributed by atoms with Crippen molar-refractivity contribution >= 4 is 23.1 Å². The standard InChI is InChI=1S/2C14H22O.Mg/c2*1-2-3-4-5-6-7-10-13-11-8-9-12-14(13)15;/h2*8-9,11-12,15H,2-7,10H2,1H3;/q;;+2/p-2. The number of rotatable bonds is 14. The molecule has 168 valence electrons. The molecule has 2 aromatic rings.